The summed E-state index contributed by atoms with van der Waals surface area (Å²) in [5, 5.41) is 7.15. The molecule has 2 amide bonds. The molecule has 14 heteroatoms. The zero-order valence-electron chi connectivity index (χ0n) is 20.8. The number of aromatic nitrogens is 4. The highest BCUT2D eigenvalue weighted by atomic mass is 19.3. The van der Waals surface area contributed by atoms with Gasteiger partial charge in [0.1, 0.15) is 23.2 Å². The molecular formula is C25H23F4N7O3. The number of ether oxygens (including phenoxy) is 1. The van der Waals surface area contributed by atoms with Crippen molar-refractivity contribution in [2.45, 2.75) is 32.5 Å². The maximum absolute atomic E-state index is 14.8. The largest absolute Gasteiger partial charge is 0.441 e. The van der Waals surface area contributed by atoms with Gasteiger partial charge in [-0.05, 0) is 25.0 Å². The number of allylic oxidation sites excluding steroid dienone is 1. The Bertz CT molecular complexity index is 1570. The van der Waals surface area contributed by atoms with E-state index in [1.165, 1.54) is 33.6 Å². The van der Waals surface area contributed by atoms with Crippen LogP contribution in [0.25, 0.3) is 11.0 Å². The van der Waals surface area contributed by atoms with E-state index < -0.39 is 36.1 Å². The normalized spacial score (nSPS) is 16.0. The smallest absolute Gasteiger partial charge is 0.387 e. The Hall–Kier alpha value is -4.80. The summed E-state index contributed by atoms with van der Waals surface area (Å²) in [6.45, 7) is 2.43. The number of imidazole rings is 1. The van der Waals surface area contributed by atoms with Crippen LogP contribution in [0.2, 0.25) is 0 Å². The van der Waals surface area contributed by atoms with Gasteiger partial charge in [0.2, 0.25) is 5.91 Å². The lowest BCUT2D eigenvalue weighted by Crippen LogP contribution is -2.27. The first-order valence-corrected chi connectivity index (χ1v) is 11.6. The third-order valence-electron chi connectivity index (χ3n) is 6.11. The monoisotopic (exact) mass is 545 g/mol. The SMILES string of the molecule is C=CC(=O)N1C[C@@H](n2nc(C#Cc3cc4ncn(CC)c4c(F)c3F)c(C(N)=O)c2NC)C/C1=C\OC(F)F. The second-order valence-corrected chi connectivity index (χ2v) is 8.35. The average molecular weight is 545 g/mol. The number of nitrogens with two attached hydrogens (primary N) is 1. The van der Waals surface area contributed by atoms with Gasteiger partial charge < -0.3 is 25.3 Å². The number of rotatable bonds is 7. The van der Waals surface area contributed by atoms with Gasteiger partial charge in [0, 0.05) is 26.6 Å². The number of carbonyl (C=O) groups is 2. The molecule has 3 aromatic rings. The van der Waals surface area contributed by atoms with Crippen LogP contribution in [0.5, 0.6) is 0 Å². The van der Waals surface area contributed by atoms with Gasteiger partial charge in [-0.15, -0.1) is 0 Å². The molecule has 0 bridgehead atoms. The number of anilines is 1. The minimum Gasteiger partial charge on any atom is -0.441 e. The van der Waals surface area contributed by atoms with Gasteiger partial charge in [0.25, 0.3) is 5.91 Å². The van der Waals surface area contributed by atoms with Crippen LogP contribution in [0.3, 0.4) is 0 Å². The number of carbonyl (C=O) groups excluding carboxylic acids is 2. The van der Waals surface area contributed by atoms with Gasteiger partial charge in [-0.25, -0.2) is 18.4 Å². The average Bonchev–Trinajstić information content (AvgIpc) is 3.62. The zero-order chi connectivity index (χ0) is 28.4. The van der Waals surface area contributed by atoms with Crippen LogP contribution in [0, 0.1) is 23.5 Å². The van der Waals surface area contributed by atoms with Crippen molar-refractivity contribution >= 4 is 28.7 Å². The summed E-state index contributed by atoms with van der Waals surface area (Å²) in [5.41, 5.74) is 5.32. The molecule has 204 valence electrons. The summed E-state index contributed by atoms with van der Waals surface area (Å²) in [6.07, 6.45) is 3.19. The van der Waals surface area contributed by atoms with E-state index in [0.717, 1.165) is 12.3 Å². The van der Waals surface area contributed by atoms with Crippen LogP contribution < -0.4 is 11.1 Å². The van der Waals surface area contributed by atoms with Crippen LogP contribution >= 0.6 is 0 Å². The molecule has 1 atom stereocenters. The molecule has 0 saturated carbocycles. The van der Waals surface area contributed by atoms with Crippen molar-refractivity contribution in [2.24, 2.45) is 5.73 Å². The van der Waals surface area contributed by atoms with Crippen LogP contribution in [0.4, 0.5) is 23.4 Å². The van der Waals surface area contributed by atoms with E-state index >= 15 is 0 Å². The second-order valence-electron chi connectivity index (χ2n) is 8.35. The minimum atomic E-state index is -3.10. The molecule has 1 aliphatic rings. The van der Waals surface area contributed by atoms with Gasteiger partial charge in [0.05, 0.1) is 29.1 Å². The van der Waals surface area contributed by atoms with Gasteiger partial charge >= 0.3 is 6.61 Å². The maximum atomic E-state index is 14.8. The number of hydrogen-bond donors (Lipinski definition) is 2. The highest BCUT2D eigenvalue weighted by Gasteiger charge is 2.35. The Balaban J connectivity index is 1.78. The Morgan fingerprint density at radius 2 is 2.08 bits per heavy atom. The van der Waals surface area contributed by atoms with Crippen molar-refractivity contribution in [3.05, 3.63) is 65.5 Å². The quantitative estimate of drug-likeness (QED) is 0.204. The molecular weight excluding hydrogens is 522 g/mol. The van der Waals surface area contributed by atoms with E-state index in [9.17, 15) is 27.2 Å². The Labute approximate surface area is 219 Å². The number of benzene rings is 1. The fraction of sp³-hybridized carbons (Fsp3) is 0.280. The number of likely N-dealkylation sites (tertiary alicyclic amines) is 1. The molecule has 0 unspecified atom stereocenters. The van der Waals surface area contributed by atoms with Crippen LogP contribution in [0.15, 0.2) is 37.0 Å². The number of halogens is 4. The molecule has 1 aromatic carbocycles. The van der Waals surface area contributed by atoms with E-state index in [-0.39, 0.29) is 52.3 Å². The minimum absolute atomic E-state index is 0.000314. The molecule has 2 aromatic heterocycles. The summed E-state index contributed by atoms with van der Waals surface area (Å²) in [7, 11) is 1.49. The van der Waals surface area contributed by atoms with E-state index in [0.29, 0.717) is 6.54 Å². The molecule has 0 radical (unpaired) electrons. The highest BCUT2D eigenvalue weighted by molar-refractivity contribution is 6.00. The number of primary amides is 1. The summed E-state index contributed by atoms with van der Waals surface area (Å²) in [4.78, 5) is 29.9. The first-order valence-electron chi connectivity index (χ1n) is 11.6. The Kier molecular flexibility index (Phi) is 7.61. The zero-order valence-corrected chi connectivity index (χ0v) is 20.8. The number of nitrogens with zero attached hydrogens (tertiary/aromatic N) is 5. The lowest BCUT2D eigenvalue weighted by molar-refractivity contribution is -0.124. The molecule has 3 N–H and O–H groups in total. The van der Waals surface area contributed by atoms with Crippen LogP contribution in [-0.4, -0.2) is 56.2 Å². The first-order chi connectivity index (χ1) is 18.6. The van der Waals surface area contributed by atoms with Crippen LogP contribution in [-0.2, 0) is 16.1 Å². The fourth-order valence-corrected chi connectivity index (χ4v) is 4.37. The van der Waals surface area contributed by atoms with Gasteiger partial charge in [-0.1, -0.05) is 12.5 Å². The number of alkyl halides is 2. The Morgan fingerprint density at radius 1 is 1.33 bits per heavy atom. The Morgan fingerprint density at radius 3 is 2.69 bits per heavy atom. The third kappa shape index (κ3) is 5.02. The third-order valence-corrected chi connectivity index (χ3v) is 6.11. The number of hydrogen-bond acceptors (Lipinski definition) is 6. The van der Waals surface area contributed by atoms with Gasteiger partial charge in [0.15, 0.2) is 17.3 Å². The standard InChI is InChI=1S/C25H23F4N7O3/c1-4-18(37)35-10-14(9-15(35)11-39-25(28)29)36-24(31-3)19(23(30)38)16(33-36)7-6-13-8-17-22(21(27)20(13)26)34(5-2)12-32-17/h4,8,11-12,14,25,31H,1,5,9-10H2,2-3H3,(H2,30,38)/b15-11+/t14-/m0/s1. The van der Waals surface area contributed by atoms with E-state index in [1.807, 2.05) is 0 Å². The molecule has 1 saturated heterocycles. The lowest BCUT2D eigenvalue weighted by atomic mass is 10.1. The number of amides is 2. The summed E-state index contributed by atoms with van der Waals surface area (Å²) >= 11 is 0. The van der Waals surface area contributed by atoms with E-state index in [1.54, 1.807) is 6.92 Å². The lowest BCUT2D eigenvalue weighted by Gasteiger charge is -2.17. The molecule has 39 heavy (non-hydrogen) atoms. The molecule has 1 aliphatic heterocycles. The number of nitrogens with one attached hydrogen (secondary N) is 1. The highest BCUT2D eigenvalue weighted by Crippen LogP contribution is 2.34. The topological polar surface area (TPSA) is 120 Å². The summed E-state index contributed by atoms with van der Waals surface area (Å²) in [6, 6.07) is 0.629. The molecule has 0 spiro atoms. The van der Waals surface area contributed by atoms with Crippen molar-refractivity contribution in [3.8, 4) is 11.8 Å². The molecule has 1 fully saturated rings. The van der Waals surface area contributed by atoms with Gasteiger partial charge in [-0.3, -0.25) is 9.59 Å². The summed E-state index contributed by atoms with van der Waals surface area (Å²) in [5.74, 6) is 1.43. The van der Waals surface area contributed by atoms with Crippen molar-refractivity contribution in [2.75, 3.05) is 18.9 Å². The second kappa shape index (κ2) is 10.9. The predicted octanol–water partition coefficient (Wildman–Crippen LogP) is 3.11. The first kappa shape index (κ1) is 27.2. The molecule has 3 heterocycles. The van der Waals surface area contributed by atoms with Crippen molar-refractivity contribution in [1.82, 2.24) is 24.2 Å². The predicted molar refractivity (Wildman–Crippen MR) is 132 cm³/mol. The number of aryl methyl sites for hydroxylation is 1. The van der Waals surface area contributed by atoms with E-state index in [4.69, 9.17) is 5.73 Å². The molecule has 4 rings (SSSR count). The fourth-order valence-electron chi connectivity index (χ4n) is 4.37. The van der Waals surface area contributed by atoms with Crippen molar-refractivity contribution in [3.63, 3.8) is 0 Å². The summed E-state index contributed by atoms with van der Waals surface area (Å²) < 4.78 is 61.9. The van der Waals surface area contributed by atoms with Gasteiger partial charge in [-0.2, -0.15) is 13.9 Å². The number of fused-ring (bicyclic) bond motifs is 1. The van der Waals surface area contributed by atoms with Crippen LogP contribution in [0.1, 0.15) is 41.0 Å². The van der Waals surface area contributed by atoms with E-state index in [2.05, 4.69) is 38.6 Å². The molecule has 10 nitrogen and oxygen atoms in total. The van der Waals surface area contributed by atoms with Crippen molar-refractivity contribution < 1.29 is 31.9 Å². The maximum Gasteiger partial charge on any atom is 0.387 e. The van der Waals surface area contributed by atoms with Crippen molar-refractivity contribution in [1.29, 1.82) is 0 Å². The molecule has 0 aliphatic carbocycles.